The molecule has 3 heteroatoms. The molecule has 0 saturated heterocycles. The van der Waals surface area contributed by atoms with Crippen molar-refractivity contribution >= 4 is 11.3 Å². The van der Waals surface area contributed by atoms with E-state index in [9.17, 15) is 0 Å². The summed E-state index contributed by atoms with van der Waals surface area (Å²) >= 11 is 1.82. The third-order valence-electron chi connectivity index (χ3n) is 4.00. The lowest BCUT2D eigenvalue weighted by atomic mass is 10.1. The highest BCUT2D eigenvalue weighted by Crippen LogP contribution is 2.29. The first-order valence-electron chi connectivity index (χ1n) is 8.36. The molecule has 1 aromatic rings. The molecule has 2 rings (SSSR count). The second-order valence-corrected chi connectivity index (χ2v) is 6.78. The van der Waals surface area contributed by atoms with Gasteiger partial charge in [0.05, 0.1) is 0 Å². The van der Waals surface area contributed by atoms with Crippen LogP contribution in [0.2, 0.25) is 0 Å². The zero-order valence-electron chi connectivity index (χ0n) is 12.9. The van der Waals surface area contributed by atoms with Gasteiger partial charge in [0.15, 0.2) is 0 Å². The predicted molar refractivity (Wildman–Crippen MR) is 89.4 cm³/mol. The van der Waals surface area contributed by atoms with Crippen LogP contribution in [0.25, 0.3) is 0 Å². The number of nitrogens with one attached hydrogen (secondary N) is 1. The van der Waals surface area contributed by atoms with Crippen LogP contribution >= 0.6 is 11.3 Å². The molecule has 1 aliphatic rings. The largest absolute Gasteiger partial charge is 0.317 e. The maximum atomic E-state index is 3.48. The first kappa shape index (κ1) is 16.0. The van der Waals surface area contributed by atoms with Gasteiger partial charge in [0.25, 0.3) is 0 Å². The van der Waals surface area contributed by atoms with Crippen LogP contribution in [0, 0.1) is 0 Å². The van der Waals surface area contributed by atoms with Crippen molar-refractivity contribution in [3.8, 4) is 0 Å². The van der Waals surface area contributed by atoms with Gasteiger partial charge in [-0.2, -0.15) is 11.3 Å². The fraction of sp³-hybridized carbons (Fsp3) is 0.765. The van der Waals surface area contributed by atoms with Crippen molar-refractivity contribution in [2.75, 3.05) is 19.6 Å². The van der Waals surface area contributed by atoms with E-state index in [0.717, 1.165) is 6.04 Å². The molecule has 0 amide bonds. The molecular formula is C17H30N2S. The van der Waals surface area contributed by atoms with Gasteiger partial charge in [0.1, 0.15) is 0 Å². The van der Waals surface area contributed by atoms with Gasteiger partial charge in [0.2, 0.25) is 0 Å². The fourth-order valence-corrected chi connectivity index (χ4v) is 3.33. The topological polar surface area (TPSA) is 15.3 Å². The molecule has 114 valence electrons. The van der Waals surface area contributed by atoms with Crippen molar-refractivity contribution in [2.45, 2.75) is 64.5 Å². The number of thiophene rings is 1. The van der Waals surface area contributed by atoms with E-state index in [1.807, 2.05) is 11.3 Å². The van der Waals surface area contributed by atoms with Gasteiger partial charge in [-0.1, -0.05) is 19.8 Å². The maximum absolute atomic E-state index is 3.48. The molecule has 0 bridgehead atoms. The molecule has 1 N–H and O–H groups in total. The smallest absolute Gasteiger partial charge is 0.0244 e. The Balaban J connectivity index is 1.52. The maximum Gasteiger partial charge on any atom is 0.0244 e. The van der Waals surface area contributed by atoms with Gasteiger partial charge >= 0.3 is 0 Å². The first-order valence-corrected chi connectivity index (χ1v) is 9.30. The SMILES string of the molecule is CCCNCCCCCCN(Cc1ccsc1)C1CC1. The molecule has 1 fully saturated rings. The molecule has 1 saturated carbocycles. The van der Waals surface area contributed by atoms with Crippen LogP contribution in [0.1, 0.15) is 57.4 Å². The lowest BCUT2D eigenvalue weighted by Crippen LogP contribution is -2.26. The third-order valence-corrected chi connectivity index (χ3v) is 4.74. The van der Waals surface area contributed by atoms with E-state index < -0.39 is 0 Å². The summed E-state index contributed by atoms with van der Waals surface area (Å²) in [5.74, 6) is 0. The lowest BCUT2D eigenvalue weighted by molar-refractivity contribution is 0.248. The van der Waals surface area contributed by atoms with Crippen LogP contribution in [0.5, 0.6) is 0 Å². The average Bonchev–Trinajstić information content (AvgIpc) is 3.18. The number of hydrogen-bond acceptors (Lipinski definition) is 3. The standard InChI is InChI=1S/C17H30N2S/c1-2-10-18-11-5-3-4-6-12-19(17-7-8-17)14-16-9-13-20-15-16/h9,13,15,17-18H,2-8,10-12,14H2,1H3. The summed E-state index contributed by atoms with van der Waals surface area (Å²) in [6.45, 7) is 7.08. The van der Waals surface area contributed by atoms with E-state index in [0.29, 0.717) is 0 Å². The molecule has 1 aliphatic carbocycles. The quantitative estimate of drug-likeness (QED) is 0.579. The van der Waals surface area contributed by atoms with Crippen LogP contribution in [-0.4, -0.2) is 30.6 Å². The van der Waals surface area contributed by atoms with Crippen LogP contribution in [0.4, 0.5) is 0 Å². The summed E-state index contributed by atoms with van der Waals surface area (Å²) in [7, 11) is 0. The van der Waals surface area contributed by atoms with Crippen molar-refractivity contribution in [3.05, 3.63) is 22.4 Å². The zero-order valence-corrected chi connectivity index (χ0v) is 13.8. The highest BCUT2D eigenvalue weighted by molar-refractivity contribution is 7.07. The number of hydrogen-bond donors (Lipinski definition) is 1. The van der Waals surface area contributed by atoms with Gasteiger partial charge in [-0.25, -0.2) is 0 Å². The van der Waals surface area contributed by atoms with Gasteiger partial charge in [-0.3, -0.25) is 4.90 Å². The molecule has 0 radical (unpaired) electrons. The number of rotatable bonds is 12. The lowest BCUT2D eigenvalue weighted by Gasteiger charge is -2.21. The number of nitrogens with zero attached hydrogens (tertiary/aromatic N) is 1. The molecule has 0 unspecified atom stereocenters. The minimum atomic E-state index is 0.890. The highest BCUT2D eigenvalue weighted by Gasteiger charge is 2.28. The predicted octanol–water partition coefficient (Wildman–Crippen LogP) is 4.27. The molecule has 20 heavy (non-hydrogen) atoms. The van der Waals surface area contributed by atoms with Crippen molar-refractivity contribution in [3.63, 3.8) is 0 Å². The van der Waals surface area contributed by atoms with E-state index in [2.05, 4.69) is 34.0 Å². The van der Waals surface area contributed by atoms with Crippen molar-refractivity contribution in [1.82, 2.24) is 10.2 Å². The normalized spacial score (nSPS) is 15.1. The van der Waals surface area contributed by atoms with E-state index in [1.165, 1.54) is 76.7 Å². The highest BCUT2D eigenvalue weighted by atomic mass is 32.1. The van der Waals surface area contributed by atoms with Crippen LogP contribution in [0.3, 0.4) is 0 Å². The van der Waals surface area contributed by atoms with Gasteiger partial charge in [-0.15, -0.1) is 0 Å². The Morgan fingerprint density at radius 2 is 2.05 bits per heavy atom. The van der Waals surface area contributed by atoms with Crippen molar-refractivity contribution in [1.29, 1.82) is 0 Å². The molecule has 0 atom stereocenters. The molecule has 0 aliphatic heterocycles. The third kappa shape index (κ3) is 6.38. The Hall–Kier alpha value is -0.380. The average molecular weight is 295 g/mol. The Bertz CT molecular complexity index is 333. The fourth-order valence-electron chi connectivity index (χ4n) is 2.67. The second-order valence-electron chi connectivity index (χ2n) is 6.00. The molecular weight excluding hydrogens is 264 g/mol. The van der Waals surface area contributed by atoms with Crippen LogP contribution in [-0.2, 0) is 6.54 Å². The summed E-state index contributed by atoms with van der Waals surface area (Å²) < 4.78 is 0. The Morgan fingerprint density at radius 1 is 1.20 bits per heavy atom. The minimum absolute atomic E-state index is 0.890. The first-order chi connectivity index (χ1) is 9.90. The summed E-state index contributed by atoms with van der Waals surface area (Å²) in [6.07, 6.45) is 9.58. The van der Waals surface area contributed by atoms with E-state index in [-0.39, 0.29) is 0 Å². The second kappa shape index (κ2) is 9.54. The van der Waals surface area contributed by atoms with E-state index in [1.54, 1.807) is 0 Å². The van der Waals surface area contributed by atoms with Crippen LogP contribution < -0.4 is 5.32 Å². The van der Waals surface area contributed by atoms with Crippen molar-refractivity contribution < 1.29 is 0 Å². The zero-order chi connectivity index (χ0) is 14.0. The molecule has 1 heterocycles. The Kier molecular flexibility index (Phi) is 7.63. The molecule has 2 nitrogen and oxygen atoms in total. The Labute approximate surface area is 128 Å². The minimum Gasteiger partial charge on any atom is -0.317 e. The molecule has 0 aromatic carbocycles. The summed E-state index contributed by atoms with van der Waals surface area (Å²) in [5.41, 5.74) is 1.51. The summed E-state index contributed by atoms with van der Waals surface area (Å²) in [5, 5.41) is 7.98. The summed E-state index contributed by atoms with van der Waals surface area (Å²) in [6, 6.07) is 3.17. The van der Waals surface area contributed by atoms with E-state index >= 15 is 0 Å². The summed E-state index contributed by atoms with van der Waals surface area (Å²) in [4.78, 5) is 2.71. The van der Waals surface area contributed by atoms with Crippen molar-refractivity contribution in [2.24, 2.45) is 0 Å². The van der Waals surface area contributed by atoms with Crippen LogP contribution in [0.15, 0.2) is 16.8 Å². The van der Waals surface area contributed by atoms with E-state index in [4.69, 9.17) is 0 Å². The monoisotopic (exact) mass is 294 g/mol. The Morgan fingerprint density at radius 3 is 2.75 bits per heavy atom. The number of unbranched alkanes of at least 4 members (excludes halogenated alkanes) is 3. The van der Waals surface area contributed by atoms with Gasteiger partial charge in [-0.05, 0) is 74.1 Å². The molecule has 0 spiro atoms. The van der Waals surface area contributed by atoms with Gasteiger partial charge in [0, 0.05) is 12.6 Å². The van der Waals surface area contributed by atoms with Gasteiger partial charge < -0.3 is 5.32 Å². The molecule has 1 aromatic heterocycles.